The molecule has 0 saturated carbocycles. The third kappa shape index (κ3) is 1.19. The van der Waals surface area contributed by atoms with E-state index in [9.17, 15) is 4.79 Å². The summed E-state index contributed by atoms with van der Waals surface area (Å²) in [4.78, 5) is 19.1. The lowest BCUT2D eigenvalue weighted by Crippen LogP contribution is -2.02. The summed E-state index contributed by atoms with van der Waals surface area (Å²) in [5.41, 5.74) is 1.46. The Morgan fingerprint density at radius 1 is 1.20 bits per heavy atom. The molecule has 72 valence electrons. The summed E-state index contributed by atoms with van der Waals surface area (Å²) in [5, 5.41) is 1.59. The molecule has 3 rings (SSSR count). The molecule has 0 aliphatic carbocycles. The van der Waals surface area contributed by atoms with Crippen molar-refractivity contribution in [3.8, 4) is 0 Å². The van der Waals surface area contributed by atoms with Crippen LogP contribution in [0.3, 0.4) is 0 Å². The number of nitrogens with zero attached hydrogens (tertiary/aromatic N) is 2. The van der Waals surface area contributed by atoms with Crippen LogP contribution in [-0.4, -0.2) is 9.97 Å². The second-order valence-electron chi connectivity index (χ2n) is 3.19. The summed E-state index contributed by atoms with van der Waals surface area (Å²) >= 11 is 0. The first kappa shape index (κ1) is 8.11. The molecule has 0 aliphatic heterocycles. The molecule has 2 aromatic heterocycles. The summed E-state index contributed by atoms with van der Waals surface area (Å²) < 4.78 is 4.68. The third-order valence-corrected chi connectivity index (χ3v) is 2.27. The molecule has 0 N–H and O–H groups in total. The maximum Gasteiger partial charge on any atom is 0.439 e. The third-order valence-electron chi connectivity index (χ3n) is 2.27. The van der Waals surface area contributed by atoms with Crippen molar-refractivity contribution in [1.82, 2.24) is 9.97 Å². The summed E-state index contributed by atoms with van der Waals surface area (Å²) in [5.74, 6) is -0.584. The van der Waals surface area contributed by atoms with E-state index >= 15 is 0 Å². The van der Waals surface area contributed by atoms with E-state index in [0.717, 1.165) is 16.3 Å². The Morgan fingerprint density at radius 2 is 2.07 bits per heavy atom. The van der Waals surface area contributed by atoms with Crippen molar-refractivity contribution in [3.05, 3.63) is 47.3 Å². The van der Waals surface area contributed by atoms with Crippen LogP contribution in [0, 0.1) is 0 Å². The van der Waals surface area contributed by atoms with Crippen molar-refractivity contribution in [1.29, 1.82) is 0 Å². The molecule has 2 heterocycles. The highest BCUT2D eigenvalue weighted by Crippen LogP contribution is 2.19. The predicted molar refractivity (Wildman–Crippen MR) is 55.6 cm³/mol. The maximum absolute atomic E-state index is 11.0. The van der Waals surface area contributed by atoms with E-state index in [4.69, 9.17) is 0 Å². The van der Waals surface area contributed by atoms with E-state index in [1.54, 1.807) is 6.20 Å². The second-order valence-corrected chi connectivity index (χ2v) is 3.19. The van der Waals surface area contributed by atoms with E-state index in [-0.39, 0.29) is 0 Å². The van der Waals surface area contributed by atoms with E-state index in [0.29, 0.717) is 5.52 Å². The van der Waals surface area contributed by atoms with Gasteiger partial charge in [0.2, 0.25) is 0 Å². The molecule has 0 saturated heterocycles. The molecular weight excluding hydrogens is 192 g/mol. The monoisotopic (exact) mass is 198 g/mol. The molecule has 0 atom stereocenters. The van der Waals surface area contributed by atoms with Gasteiger partial charge >= 0.3 is 5.76 Å². The number of hydrogen-bond donors (Lipinski definition) is 0. The minimum Gasteiger partial charge on any atom is -0.416 e. The smallest absolute Gasteiger partial charge is 0.416 e. The van der Waals surface area contributed by atoms with Gasteiger partial charge in [-0.05, 0) is 6.07 Å². The van der Waals surface area contributed by atoms with Crippen LogP contribution in [0.4, 0.5) is 0 Å². The van der Waals surface area contributed by atoms with Crippen LogP contribution in [0.2, 0.25) is 0 Å². The van der Waals surface area contributed by atoms with Gasteiger partial charge in [-0.3, -0.25) is 4.98 Å². The number of hydrogen-bond acceptors (Lipinski definition) is 4. The molecule has 0 bridgehead atoms. The summed E-state index contributed by atoms with van der Waals surface area (Å²) in [6, 6.07) is 7.55. The first-order chi connectivity index (χ1) is 7.34. The summed E-state index contributed by atoms with van der Waals surface area (Å²) in [7, 11) is 0. The van der Waals surface area contributed by atoms with Crippen LogP contribution in [0.25, 0.3) is 21.8 Å². The highest BCUT2D eigenvalue weighted by molar-refractivity contribution is 6.02. The topological polar surface area (TPSA) is 56.0 Å². The molecule has 0 radical (unpaired) electrons. The molecule has 0 aliphatic rings. The molecule has 0 spiro atoms. The number of fused-ring (bicyclic) bond motifs is 3. The Kier molecular flexibility index (Phi) is 1.56. The van der Waals surface area contributed by atoms with E-state index in [1.165, 1.54) is 6.26 Å². The Labute approximate surface area is 84.2 Å². The van der Waals surface area contributed by atoms with Crippen LogP contribution in [0.15, 0.2) is 45.9 Å². The first-order valence-corrected chi connectivity index (χ1v) is 4.48. The van der Waals surface area contributed by atoms with Gasteiger partial charge in [0, 0.05) is 11.6 Å². The number of aromatic nitrogens is 2. The van der Waals surface area contributed by atoms with Gasteiger partial charge in [-0.2, -0.15) is 4.98 Å². The van der Waals surface area contributed by atoms with Crippen molar-refractivity contribution in [2.45, 2.75) is 0 Å². The zero-order valence-electron chi connectivity index (χ0n) is 7.68. The zero-order valence-corrected chi connectivity index (χ0v) is 7.68. The first-order valence-electron chi connectivity index (χ1n) is 4.48. The predicted octanol–water partition coefficient (Wildman–Crippen LogP) is 1.74. The number of para-hydroxylation sites is 1. The van der Waals surface area contributed by atoms with Gasteiger partial charge in [0.05, 0.1) is 16.4 Å². The minimum absolute atomic E-state index is 0.584. The molecule has 0 fully saturated rings. The number of rotatable bonds is 0. The van der Waals surface area contributed by atoms with Crippen molar-refractivity contribution in [2.24, 2.45) is 0 Å². The van der Waals surface area contributed by atoms with Gasteiger partial charge in [-0.25, -0.2) is 4.79 Å². The number of pyridine rings is 1. The fourth-order valence-corrected chi connectivity index (χ4v) is 1.58. The Morgan fingerprint density at radius 3 is 3.00 bits per heavy atom. The van der Waals surface area contributed by atoms with Crippen molar-refractivity contribution in [2.75, 3.05) is 0 Å². The largest absolute Gasteiger partial charge is 0.439 e. The van der Waals surface area contributed by atoms with Crippen LogP contribution in [0.5, 0.6) is 0 Å². The van der Waals surface area contributed by atoms with Gasteiger partial charge in [-0.15, -0.1) is 0 Å². The Bertz CT molecular complexity index is 703. The molecule has 0 unspecified atom stereocenters. The summed E-state index contributed by atoms with van der Waals surface area (Å²) in [6.07, 6.45) is 3.03. The molecule has 4 nitrogen and oxygen atoms in total. The quantitative estimate of drug-likeness (QED) is 0.516. The molecule has 15 heavy (non-hydrogen) atoms. The van der Waals surface area contributed by atoms with Gasteiger partial charge in [0.1, 0.15) is 6.26 Å². The lowest BCUT2D eigenvalue weighted by Gasteiger charge is -1.99. The second kappa shape index (κ2) is 2.88. The lowest BCUT2D eigenvalue weighted by molar-refractivity contribution is 0.493. The Hall–Kier alpha value is -2.23. The maximum atomic E-state index is 11.0. The van der Waals surface area contributed by atoms with Gasteiger partial charge in [0.15, 0.2) is 0 Å². The van der Waals surface area contributed by atoms with Crippen LogP contribution in [-0.2, 0) is 0 Å². The molecule has 3 aromatic rings. The van der Waals surface area contributed by atoms with Crippen molar-refractivity contribution >= 4 is 21.8 Å². The van der Waals surface area contributed by atoms with E-state index in [2.05, 4.69) is 14.4 Å². The van der Waals surface area contributed by atoms with Crippen LogP contribution in [0.1, 0.15) is 0 Å². The lowest BCUT2D eigenvalue weighted by atomic mass is 10.2. The van der Waals surface area contributed by atoms with Crippen molar-refractivity contribution in [3.63, 3.8) is 0 Å². The minimum atomic E-state index is -0.584. The highest BCUT2D eigenvalue weighted by Gasteiger charge is 2.03. The van der Waals surface area contributed by atoms with Gasteiger partial charge < -0.3 is 4.42 Å². The van der Waals surface area contributed by atoms with Crippen molar-refractivity contribution < 1.29 is 4.42 Å². The average molecular weight is 198 g/mol. The molecule has 1 aromatic carbocycles. The summed E-state index contributed by atoms with van der Waals surface area (Å²) in [6.45, 7) is 0. The van der Waals surface area contributed by atoms with Crippen LogP contribution < -0.4 is 5.76 Å². The standard InChI is InChI=1S/C11H6N2O2/c14-11-13-10-7(6-15-11)5-12-9-4-2-1-3-8(9)10/h1-6H. The number of benzene rings is 1. The fraction of sp³-hybridized carbons (Fsp3) is 0. The SMILES string of the molecule is O=c1nc2c(cnc3ccccc32)co1. The molecular formula is C11H6N2O2. The van der Waals surface area contributed by atoms with Crippen LogP contribution >= 0.6 is 0 Å². The average Bonchev–Trinajstić information content (AvgIpc) is 2.29. The highest BCUT2D eigenvalue weighted by atomic mass is 16.4. The molecule has 0 amide bonds. The Balaban J connectivity index is 2.63. The van der Waals surface area contributed by atoms with Gasteiger partial charge in [0.25, 0.3) is 0 Å². The zero-order chi connectivity index (χ0) is 10.3. The normalized spacial score (nSPS) is 10.9. The molecule has 4 heteroatoms. The van der Waals surface area contributed by atoms with E-state index < -0.39 is 5.76 Å². The van der Waals surface area contributed by atoms with E-state index in [1.807, 2.05) is 24.3 Å². The fourth-order valence-electron chi connectivity index (χ4n) is 1.58. The van der Waals surface area contributed by atoms with Gasteiger partial charge in [-0.1, -0.05) is 18.2 Å².